The summed E-state index contributed by atoms with van der Waals surface area (Å²) in [6.07, 6.45) is 0. The summed E-state index contributed by atoms with van der Waals surface area (Å²) < 4.78 is 17.3. The van der Waals surface area contributed by atoms with Gasteiger partial charge in [0.25, 0.3) is 0 Å². The molecule has 0 N–H and O–H groups in total. The third kappa shape index (κ3) is 4.05. The van der Waals surface area contributed by atoms with Crippen LogP contribution < -0.4 is 14.2 Å². The maximum Gasteiger partial charge on any atom is 0.161 e. The van der Waals surface area contributed by atoms with Crippen LogP contribution in [0.4, 0.5) is 0 Å². The Kier molecular flexibility index (Phi) is 5.56. The van der Waals surface area contributed by atoms with Crippen LogP contribution in [0.25, 0.3) is 0 Å². The van der Waals surface area contributed by atoms with Gasteiger partial charge in [-0.15, -0.1) is 0 Å². The molecule has 0 aliphatic carbocycles. The molecule has 2 aromatic carbocycles. The topological polar surface area (TPSA) is 27.7 Å². The molecule has 0 amide bonds. The third-order valence-electron chi connectivity index (χ3n) is 2.56. The average Bonchev–Trinajstić information content (AvgIpc) is 2.47. The lowest BCUT2D eigenvalue weighted by molar-refractivity contribution is 0.211. The lowest BCUT2D eigenvalue weighted by atomic mass is 10.3. The van der Waals surface area contributed by atoms with Gasteiger partial charge in [-0.3, -0.25) is 0 Å². The number of benzene rings is 2. The molecular weight excluding hydrogens is 344 g/mol. The highest BCUT2D eigenvalue weighted by molar-refractivity contribution is 9.10. The molecule has 0 aliphatic rings. The smallest absolute Gasteiger partial charge is 0.161 e. The zero-order chi connectivity index (χ0) is 14.4. The quantitative estimate of drug-likeness (QED) is 0.709. The molecule has 5 heteroatoms. The minimum absolute atomic E-state index is 0.397. The Balaban J connectivity index is 1.86. The third-order valence-corrected chi connectivity index (χ3v) is 3.37. The number of hydrogen-bond donors (Lipinski definition) is 0. The molecule has 0 unspecified atom stereocenters. The summed E-state index contributed by atoms with van der Waals surface area (Å²) in [4.78, 5) is 0. The second-order valence-corrected chi connectivity index (χ2v) is 5.25. The normalized spacial score (nSPS) is 10.2. The van der Waals surface area contributed by atoms with E-state index in [-0.39, 0.29) is 0 Å². The number of methoxy groups -OCH3 is 1. The van der Waals surface area contributed by atoms with E-state index in [1.807, 2.05) is 36.4 Å². The summed E-state index contributed by atoms with van der Waals surface area (Å²) in [5.41, 5.74) is 0. The van der Waals surface area contributed by atoms with E-state index in [4.69, 9.17) is 25.8 Å². The number of para-hydroxylation sites is 2. The largest absolute Gasteiger partial charge is 0.493 e. The van der Waals surface area contributed by atoms with Gasteiger partial charge in [0.2, 0.25) is 0 Å². The highest BCUT2D eigenvalue weighted by atomic mass is 79.9. The fourth-order valence-electron chi connectivity index (χ4n) is 1.63. The summed E-state index contributed by atoms with van der Waals surface area (Å²) in [5.74, 6) is 2.02. The lowest BCUT2D eigenvalue weighted by Crippen LogP contribution is -2.09. The molecule has 0 atom stereocenters. The predicted molar refractivity (Wildman–Crippen MR) is 83.1 cm³/mol. The standard InChI is InChI=1S/C15H14BrClO3/c1-18-13-4-2-3-5-14(13)19-8-9-20-15-10-11(16)6-7-12(15)17/h2-7,10H,8-9H2,1H3. The van der Waals surface area contributed by atoms with Crippen molar-refractivity contribution in [2.75, 3.05) is 20.3 Å². The van der Waals surface area contributed by atoms with E-state index in [2.05, 4.69) is 15.9 Å². The first-order valence-corrected chi connectivity index (χ1v) is 7.21. The molecule has 106 valence electrons. The van der Waals surface area contributed by atoms with E-state index in [0.29, 0.717) is 35.5 Å². The minimum atomic E-state index is 0.397. The van der Waals surface area contributed by atoms with Crippen molar-refractivity contribution in [3.05, 3.63) is 52.0 Å². The second-order valence-electron chi connectivity index (χ2n) is 3.92. The van der Waals surface area contributed by atoms with Crippen LogP contribution >= 0.6 is 27.5 Å². The van der Waals surface area contributed by atoms with Crippen molar-refractivity contribution in [3.63, 3.8) is 0 Å². The van der Waals surface area contributed by atoms with E-state index in [9.17, 15) is 0 Å². The SMILES string of the molecule is COc1ccccc1OCCOc1cc(Br)ccc1Cl. The number of ether oxygens (including phenoxy) is 3. The van der Waals surface area contributed by atoms with Crippen molar-refractivity contribution < 1.29 is 14.2 Å². The average molecular weight is 358 g/mol. The number of rotatable bonds is 6. The molecule has 0 spiro atoms. The van der Waals surface area contributed by atoms with E-state index >= 15 is 0 Å². The maximum absolute atomic E-state index is 6.03. The molecule has 0 aromatic heterocycles. The van der Waals surface area contributed by atoms with Crippen molar-refractivity contribution in [3.8, 4) is 17.2 Å². The number of halogens is 2. The Morgan fingerprint density at radius 1 is 0.950 bits per heavy atom. The van der Waals surface area contributed by atoms with Gasteiger partial charge in [-0.1, -0.05) is 39.7 Å². The fraction of sp³-hybridized carbons (Fsp3) is 0.200. The van der Waals surface area contributed by atoms with Gasteiger partial charge in [-0.25, -0.2) is 0 Å². The van der Waals surface area contributed by atoms with Crippen LogP contribution in [-0.4, -0.2) is 20.3 Å². The molecule has 0 fully saturated rings. The van der Waals surface area contributed by atoms with Gasteiger partial charge >= 0.3 is 0 Å². The van der Waals surface area contributed by atoms with Crippen molar-refractivity contribution >= 4 is 27.5 Å². The van der Waals surface area contributed by atoms with Gasteiger partial charge in [-0.2, -0.15) is 0 Å². The first kappa shape index (κ1) is 15.0. The van der Waals surface area contributed by atoms with Crippen LogP contribution in [0.3, 0.4) is 0 Å². The Labute approximate surface area is 131 Å². The van der Waals surface area contributed by atoms with Crippen molar-refractivity contribution in [2.24, 2.45) is 0 Å². The van der Waals surface area contributed by atoms with Gasteiger partial charge < -0.3 is 14.2 Å². The molecule has 0 bridgehead atoms. The van der Waals surface area contributed by atoms with Crippen LogP contribution in [-0.2, 0) is 0 Å². The van der Waals surface area contributed by atoms with Crippen LogP contribution in [0.15, 0.2) is 46.9 Å². The van der Waals surface area contributed by atoms with Crippen LogP contribution in [0.1, 0.15) is 0 Å². The summed E-state index contributed by atoms with van der Waals surface area (Å²) >= 11 is 9.41. The van der Waals surface area contributed by atoms with Crippen LogP contribution in [0.2, 0.25) is 5.02 Å². The Hall–Kier alpha value is -1.39. The first-order valence-electron chi connectivity index (χ1n) is 6.04. The molecule has 2 aromatic rings. The predicted octanol–water partition coefficient (Wildman–Crippen LogP) is 4.57. The van der Waals surface area contributed by atoms with Crippen LogP contribution in [0.5, 0.6) is 17.2 Å². The summed E-state index contributed by atoms with van der Waals surface area (Å²) in [7, 11) is 1.61. The zero-order valence-corrected chi connectivity index (χ0v) is 13.3. The fourth-order valence-corrected chi connectivity index (χ4v) is 2.14. The van der Waals surface area contributed by atoms with E-state index in [0.717, 1.165) is 4.47 Å². The number of hydrogen-bond acceptors (Lipinski definition) is 3. The molecule has 0 saturated carbocycles. The Morgan fingerprint density at radius 3 is 2.30 bits per heavy atom. The molecule has 20 heavy (non-hydrogen) atoms. The molecule has 0 saturated heterocycles. The summed E-state index contributed by atoms with van der Waals surface area (Å²) in [5, 5.41) is 0.575. The Bertz CT molecular complexity index is 575. The molecule has 0 aliphatic heterocycles. The minimum Gasteiger partial charge on any atom is -0.493 e. The second kappa shape index (κ2) is 7.41. The van der Waals surface area contributed by atoms with Crippen LogP contribution in [0, 0.1) is 0 Å². The van der Waals surface area contributed by atoms with Crippen molar-refractivity contribution in [2.45, 2.75) is 0 Å². The summed E-state index contributed by atoms with van der Waals surface area (Å²) in [6.45, 7) is 0.803. The maximum atomic E-state index is 6.03. The first-order chi connectivity index (χ1) is 9.70. The molecular formula is C15H14BrClO3. The van der Waals surface area contributed by atoms with Gasteiger partial charge in [0.15, 0.2) is 11.5 Å². The molecule has 0 radical (unpaired) electrons. The van der Waals surface area contributed by atoms with E-state index in [1.54, 1.807) is 13.2 Å². The Morgan fingerprint density at radius 2 is 1.60 bits per heavy atom. The van der Waals surface area contributed by atoms with E-state index < -0.39 is 0 Å². The van der Waals surface area contributed by atoms with Gasteiger partial charge in [0, 0.05) is 4.47 Å². The molecule has 3 nitrogen and oxygen atoms in total. The van der Waals surface area contributed by atoms with Crippen molar-refractivity contribution in [1.82, 2.24) is 0 Å². The monoisotopic (exact) mass is 356 g/mol. The van der Waals surface area contributed by atoms with Gasteiger partial charge in [0.05, 0.1) is 12.1 Å². The zero-order valence-electron chi connectivity index (χ0n) is 10.9. The van der Waals surface area contributed by atoms with Gasteiger partial charge in [0.1, 0.15) is 19.0 Å². The molecule has 0 heterocycles. The highest BCUT2D eigenvalue weighted by Gasteiger charge is 2.04. The summed E-state index contributed by atoms with van der Waals surface area (Å²) in [6, 6.07) is 13.0. The van der Waals surface area contributed by atoms with E-state index in [1.165, 1.54) is 0 Å². The molecule has 2 rings (SSSR count). The van der Waals surface area contributed by atoms with Crippen molar-refractivity contribution in [1.29, 1.82) is 0 Å². The highest BCUT2D eigenvalue weighted by Crippen LogP contribution is 2.28. The lowest BCUT2D eigenvalue weighted by Gasteiger charge is -2.12. The van der Waals surface area contributed by atoms with Gasteiger partial charge in [-0.05, 0) is 30.3 Å².